The molecule has 0 spiro atoms. The van der Waals surface area contributed by atoms with E-state index < -0.39 is 11.9 Å². The summed E-state index contributed by atoms with van der Waals surface area (Å²) < 4.78 is 9.68. The van der Waals surface area contributed by atoms with E-state index in [-0.39, 0.29) is 0 Å². The molecule has 3 rings (SSSR count). The average Bonchev–Trinajstić information content (AvgIpc) is 2.85. The molecule has 0 heterocycles. The van der Waals surface area contributed by atoms with Crippen molar-refractivity contribution in [1.29, 1.82) is 0 Å². The minimum absolute atomic E-state index is 0.488. The smallest absolute Gasteiger partial charge is 0.334 e. The first-order chi connectivity index (χ1) is 15.6. The van der Waals surface area contributed by atoms with Gasteiger partial charge in [0.25, 0.3) is 0 Å². The molecule has 0 fully saturated rings. The van der Waals surface area contributed by atoms with Crippen LogP contribution in [0.15, 0.2) is 111 Å². The number of rotatable bonds is 8. The summed E-state index contributed by atoms with van der Waals surface area (Å²) in [4.78, 5) is 22.1. The molecule has 32 heavy (non-hydrogen) atoms. The van der Waals surface area contributed by atoms with E-state index in [0.29, 0.717) is 0 Å². The molecule has 0 atom stereocenters. The summed E-state index contributed by atoms with van der Waals surface area (Å²) in [6.07, 6.45) is 8.37. The maximum atomic E-state index is 11.0. The minimum Gasteiger partial charge on any atom is -0.431 e. The van der Waals surface area contributed by atoms with Gasteiger partial charge in [0.15, 0.2) is 0 Å². The quantitative estimate of drug-likeness (QED) is 0.239. The molecule has 0 amide bonds. The summed E-state index contributed by atoms with van der Waals surface area (Å²) in [5.74, 6) is -0.976. The van der Waals surface area contributed by atoms with Gasteiger partial charge in [0.05, 0.1) is 12.5 Å². The Labute approximate surface area is 187 Å². The number of hydrogen-bond donors (Lipinski definition) is 0. The Kier molecular flexibility index (Phi) is 7.71. The summed E-state index contributed by atoms with van der Waals surface area (Å²) in [5, 5.41) is 0. The monoisotopic (exact) mass is 422 g/mol. The molecule has 0 bridgehead atoms. The molecule has 0 radical (unpaired) electrons. The Morgan fingerprint density at radius 2 is 0.812 bits per heavy atom. The van der Waals surface area contributed by atoms with Crippen molar-refractivity contribution in [3.63, 3.8) is 0 Å². The molecular weight excluding hydrogens is 400 g/mol. The van der Waals surface area contributed by atoms with Crippen molar-refractivity contribution >= 4 is 24.1 Å². The van der Waals surface area contributed by atoms with Gasteiger partial charge in [-0.25, -0.2) is 9.59 Å². The van der Waals surface area contributed by atoms with E-state index in [2.05, 4.69) is 37.4 Å². The van der Waals surface area contributed by atoms with Gasteiger partial charge in [-0.2, -0.15) is 0 Å². The number of benzene rings is 3. The Bertz CT molecular complexity index is 1060. The molecule has 0 N–H and O–H groups in total. The highest BCUT2D eigenvalue weighted by Gasteiger charge is 2.01. The molecule has 0 aliphatic carbocycles. The maximum absolute atomic E-state index is 11.0. The number of carbonyl (C=O) groups is 2. The molecular formula is C28H22O4. The van der Waals surface area contributed by atoms with Crippen molar-refractivity contribution in [1.82, 2.24) is 0 Å². The van der Waals surface area contributed by atoms with Gasteiger partial charge in [-0.3, -0.25) is 0 Å². The molecule has 4 nitrogen and oxygen atoms in total. The van der Waals surface area contributed by atoms with Crippen LogP contribution in [0.1, 0.15) is 11.1 Å². The van der Waals surface area contributed by atoms with Crippen LogP contribution in [-0.4, -0.2) is 11.9 Å². The van der Waals surface area contributed by atoms with E-state index in [9.17, 15) is 9.59 Å². The molecule has 0 aliphatic rings. The normalized spacial score (nSPS) is 10.8. The van der Waals surface area contributed by atoms with Gasteiger partial charge in [-0.15, -0.1) is 0 Å². The molecule has 0 unspecified atom stereocenters. The maximum Gasteiger partial charge on any atom is 0.334 e. The highest BCUT2D eigenvalue weighted by Crippen LogP contribution is 2.26. The zero-order chi connectivity index (χ0) is 22.8. The Morgan fingerprint density at radius 3 is 1.09 bits per heavy atom. The van der Waals surface area contributed by atoms with Crippen LogP contribution in [0.3, 0.4) is 0 Å². The molecule has 0 aromatic heterocycles. The fourth-order valence-corrected chi connectivity index (χ4v) is 2.88. The van der Waals surface area contributed by atoms with Crippen LogP contribution in [0.5, 0.6) is 0 Å². The zero-order valence-electron chi connectivity index (χ0n) is 17.4. The van der Waals surface area contributed by atoms with Crippen LogP contribution < -0.4 is 0 Å². The summed E-state index contributed by atoms with van der Waals surface area (Å²) in [5.41, 5.74) is 6.24. The second kappa shape index (κ2) is 11.1. The van der Waals surface area contributed by atoms with Crippen molar-refractivity contribution < 1.29 is 19.1 Å². The van der Waals surface area contributed by atoms with E-state index in [4.69, 9.17) is 9.47 Å². The van der Waals surface area contributed by atoms with Crippen molar-refractivity contribution in [2.45, 2.75) is 0 Å². The van der Waals surface area contributed by atoms with E-state index in [1.165, 1.54) is 12.5 Å². The largest absolute Gasteiger partial charge is 0.431 e. The number of hydrogen-bond acceptors (Lipinski definition) is 4. The van der Waals surface area contributed by atoms with Crippen LogP contribution >= 0.6 is 0 Å². The second-order valence-corrected chi connectivity index (χ2v) is 6.71. The number of carbonyl (C=O) groups excluding carboxylic acids is 2. The molecule has 0 saturated heterocycles. The summed E-state index contributed by atoms with van der Waals surface area (Å²) in [6, 6.07) is 24.2. The predicted octanol–water partition coefficient (Wildman–Crippen LogP) is 6.42. The molecule has 4 heteroatoms. The lowest BCUT2D eigenvalue weighted by Crippen LogP contribution is -1.91. The van der Waals surface area contributed by atoms with Crippen LogP contribution in [-0.2, 0) is 19.1 Å². The van der Waals surface area contributed by atoms with E-state index in [1.807, 2.05) is 48.5 Å². The highest BCUT2D eigenvalue weighted by atomic mass is 16.5. The van der Waals surface area contributed by atoms with Crippen molar-refractivity contribution in [2.24, 2.45) is 0 Å². The molecule has 3 aromatic rings. The van der Waals surface area contributed by atoms with Gasteiger partial charge in [0.1, 0.15) is 0 Å². The van der Waals surface area contributed by atoms with Gasteiger partial charge in [-0.05, 0) is 45.5 Å². The Hall–Kier alpha value is -4.44. The number of esters is 2. The third-order valence-corrected chi connectivity index (χ3v) is 4.60. The Balaban J connectivity index is 1.64. The highest BCUT2D eigenvalue weighted by molar-refractivity contribution is 5.82. The predicted molar refractivity (Wildman–Crippen MR) is 128 cm³/mol. The Morgan fingerprint density at radius 1 is 0.531 bits per heavy atom. The fourth-order valence-electron chi connectivity index (χ4n) is 2.88. The van der Waals surface area contributed by atoms with Crippen molar-refractivity contribution in [3.05, 3.63) is 122 Å². The first-order valence-electron chi connectivity index (χ1n) is 9.89. The standard InChI is InChI=1S/C28H22O4/c1-3-27(29)31-19-17-21-5-9-23(10-6-21)25-13-15-26(16-14-25)24-11-7-22(8-12-24)18-20-32-28(30)4-2/h3-20H,1-2H2/b19-17+,20-18+. The number of ether oxygens (including phenoxy) is 2. The van der Waals surface area contributed by atoms with Gasteiger partial charge in [0, 0.05) is 12.2 Å². The van der Waals surface area contributed by atoms with Gasteiger partial charge in [0.2, 0.25) is 0 Å². The second-order valence-electron chi connectivity index (χ2n) is 6.71. The SMILES string of the molecule is C=CC(=O)O/C=C/c1ccc(-c2ccc(-c3ccc(/C=C/OC(=O)C=C)cc3)cc2)cc1. The van der Waals surface area contributed by atoms with Gasteiger partial charge >= 0.3 is 11.9 Å². The van der Waals surface area contributed by atoms with Crippen LogP contribution in [0.25, 0.3) is 34.4 Å². The summed E-state index contributed by atoms with van der Waals surface area (Å²) in [7, 11) is 0. The van der Waals surface area contributed by atoms with Crippen LogP contribution in [0.4, 0.5) is 0 Å². The van der Waals surface area contributed by atoms with Gasteiger partial charge < -0.3 is 9.47 Å². The van der Waals surface area contributed by atoms with Gasteiger partial charge in [-0.1, -0.05) is 86.0 Å². The molecule has 0 aliphatic heterocycles. The molecule has 3 aromatic carbocycles. The average molecular weight is 422 g/mol. The summed E-state index contributed by atoms with van der Waals surface area (Å²) >= 11 is 0. The molecule has 0 saturated carbocycles. The van der Waals surface area contributed by atoms with Crippen molar-refractivity contribution in [3.8, 4) is 22.3 Å². The minimum atomic E-state index is -0.488. The zero-order valence-corrected chi connectivity index (χ0v) is 17.4. The van der Waals surface area contributed by atoms with Crippen molar-refractivity contribution in [2.75, 3.05) is 0 Å². The first-order valence-corrected chi connectivity index (χ1v) is 9.89. The van der Waals surface area contributed by atoms with E-state index in [1.54, 1.807) is 12.2 Å². The van der Waals surface area contributed by atoms with E-state index in [0.717, 1.165) is 45.5 Å². The topological polar surface area (TPSA) is 52.6 Å². The summed E-state index contributed by atoms with van der Waals surface area (Å²) in [6.45, 7) is 6.70. The lowest BCUT2D eigenvalue weighted by molar-refractivity contribution is -0.133. The van der Waals surface area contributed by atoms with Crippen LogP contribution in [0.2, 0.25) is 0 Å². The lowest BCUT2D eigenvalue weighted by atomic mass is 9.99. The third-order valence-electron chi connectivity index (χ3n) is 4.60. The third kappa shape index (κ3) is 6.28. The van der Waals surface area contributed by atoms with Crippen LogP contribution in [0, 0.1) is 0 Å². The first kappa shape index (κ1) is 22.2. The molecule has 158 valence electrons. The fraction of sp³-hybridized carbons (Fsp3) is 0. The van der Waals surface area contributed by atoms with E-state index >= 15 is 0 Å². The lowest BCUT2D eigenvalue weighted by Gasteiger charge is -2.06.